The van der Waals surface area contributed by atoms with Gasteiger partial charge in [0.1, 0.15) is 31.4 Å². The summed E-state index contributed by atoms with van der Waals surface area (Å²) in [7, 11) is 0. The third-order valence-electron chi connectivity index (χ3n) is 10.9. The van der Waals surface area contributed by atoms with Gasteiger partial charge in [-0.2, -0.15) is 0 Å². The maximum absolute atomic E-state index is 10.9. The van der Waals surface area contributed by atoms with Crippen LogP contribution in [0.4, 0.5) is 28.8 Å². The van der Waals surface area contributed by atoms with Gasteiger partial charge >= 0.3 is 0 Å². The van der Waals surface area contributed by atoms with Crippen molar-refractivity contribution in [2.45, 2.75) is 237 Å². The first-order chi connectivity index (χ1) is 34.3. The standard InChI is InChI=1S/6C9H19NOS.Mo/c6*1-3-5-7-10(9(11)12)8-6-4-2;/h6*3-8H2,1-2H3,(H,11,12);/p-6. The summed E-state index contributed by atoms with van der Waals surface area (Å²) >= 11 is 27.7. The second-order valence-electron chi connectivity index (χ2n) is 17.8. The van der Waals surface area contributed by atoms with E-state index in [0.717, 1.165) is 233 Å². The summed E-state index contributed by atoms with van der Waals surface area (Å²) < 4.78 is 0. The van der Waals surface area contributed by atoms with Crippen LogP contribution in [0.5, 0.6) is 0 Å². The Labute approximate surface area is 498 Å². The van der Waals surface area contributed by atoms with Crippen molar-refractivity contribution in [3.05, 3.63) is 0 Å². The van der Waals surface area contributed by atoms with Crippen LogP contribution in [0.15, 0.2) is 0 Å². The van der Waals surface area contributed by atoms with E-state index >= 15 is 0 Å². The summed E-state index contributed by atoms with van der Waals surface area (Å²) in [4.78, 5) is 76.0. The van der Waals surface area contributed by atoms with Crippen LogP contribution in [0.3, 0.4) is 0 Å². The van der Waals surface area contributed by atoms with Crippen LogP contribution in [0, 0.1) is 0 Å². The van der Waals surface area contributed by atoms with Gasteiger partial charge in [-0.3, -0.25) is 0 Å². The van der Waals surface area contributed by atoms with E-state index in [0.29, 0.717) is 0 Å². The van der Waals surface area contributed by atoms with E-state index in [1.807, 2.05) is 0 Å². The molecule has 0 N–H and O–H groups in total. The molecule has 0 spiro atoms. The van der Waals surface area contributed by atoms with E-state index in [9.17, 15) is 28.8 Å². The molecule has 0 aromatic carbocycles. The van der Waals surface area contributed by atoms with Crippen molar-refractivity contribution >= 4 is 107 Å². The Kier molecular flexibility index (Phi) is 80.9. The van der Waals surface area contributed by atoms with Gasteiger partial charge < -0.3 is 134 Å². The van der Waals surface area contributed by atoms with Crippen LogP contribution >= 0.6 is 0 Å². The maximum atomic E-state index is 10.9. The molecular formula is C54H108MoN6O6S6-6. The number of amides is 6. The fraction of sp³-hybridized carbons (Fsp3) is 0.889. The number of nitrogens with zero attached hydrogens (tertiary/aromatic N) is 6. The molecule has 0 aromatic rings. The summed E-state index contributed by atoms with van der Waals surface area (Å²) in [6.45, 7) is 35.4. The Hall–Kier alpha value is -1.17. The monoisotopic (exact) mass is 1230 g/mol. The fourth-order valence-corrected chi connectivity index (χ4v) is 7.05. The molecule has 0 bridgehead atoms. The minimum absolute atomic E-state index is 0. The third-order valence-corrected chi connectivity index (χ3v) is 12.5. The molecule has 0 unspecified atom stereocenters. The predicted molar refractivity (Wildman–Crippen MR) is 325 cm³/mol. The van der Waals surface area contributed by atoms with E-state index in [4.69, 9.17) is 0 Å². The van der Waals surface area contributed by atoms with Crippen molar-refractivity contribution in [1.29, 1.82) is 0 Å². The molecule has 438 valence electrons. The normalized spacial score (nSPS) is 9.70. The molecule has 0 aromatic heterocycles. The van der Waals surface area contributed by atoms with E-state index in [2.05, 4.69) is 159 Å². The molecule has 0 saturated carbocycles. The molecule has 0 radical (unpaired) electrons. The molecule has 12 nitrogen and oxygen atoms in total. The second-order valence-corrected chi connectivity index (χ2v) is 19.9. The summed E-state index contributed by atoms with van der Waals surface area (Å²) in [5, 5.41) is -1.18. The van der Waals surface area contributed by atoms with Gasteiger partial charge in [-0.15, -0.1) is 0 Å². The van der Waals surface area contributed by atoms with E-state index in [1.54, 1.807) is 29.4 Å². The van der Waals surface area contributed by atoms with Crippen molar-refractivity contribution < 1.29 is 49.8 Å². The van der Waals surface area contributed by atoms with Gasteiger partial charge in [0.2, 0.25) is 0 Å². The van der Waals surface area contributed by atoms with Crippen LogP contribution in [0.25, 0.3) is 0 Å². The van der Waals surface area contributed by atoms with Gasteiger partial charge in [0.05, 0.1) is 0 Å². The summed E-state index contributed by atoms with van der Waals surface area (Å²) in [6.07, 6.45) is 26.1. The SMILES string of the molecule is CCCCN(CCCC)C(=O)[S-].CCCCN(CCCC)C(=O)[S-].CCCCN(CCCC)C(=O)[S-].CCCCN(CCCC)C(=O)[S-].CCCCN(CCCC)C(=O)[S-].CCCCN(CCCC)C(=O)[S-].[Mo]. The fourth-order valence-electron chi connectivity index (χ4n) is 5.95. The molecule has 0 aliphatic heterocycles. The van der Waals surface area contributed by atoms with Gasteiger partial charge in [0.25, 0.3) is 0 Å². The maximum Gasteiger partial charge on any atom is 0.101 e. The second kappa shape index (κ2) is 68.8. The average Bonchev–Trinajstić information content (AvgIpc) is 3.34. The minimum Gasteiger partial charge on any atom is -0.719 e. The zero-order chi connectivity index (χ0) is 56.4. The van der Waals surface area contributed by atoms with E-state index in [-0.39, 0.29) is 52.5 Å². The van der Waals surface area contributed by atoms with Crippen LogP contribution in [0.2, 0.25) is 0 Å². The summed E-state index contributed by atoms with van der Waals surface area (Å²) in [5.74, 6) is 0. The molecule has 6 amide bonds. The first kappa shape index (κ1) is 85.7. The summed E-state index contributed by atoms with van der Waals surface area (Å²) in [6, 6.07) is 0. The number of carbonyl (C=O) groups excluding carboxylic acids is 6. The molecule has 0 aliphatic carbocycles. The van der Waals surface area contributed by atoms with Crippen molar-refractivity contribution in [2.24, 2.45) is 0 Å². The van der Waals surface area contributed by atoms with Gasteiger partial charge in [-0.25, -0.2) is 0 Å². The third kappa shape index (κ3) is 66.9. The number of carbonyl (C=O) groups is 6. The Morgan fingerprint density at radius 2 is 0.274 bits per heavy atom. The Balaban J connectivity index is -0.000000143. The molecule has 0 fully saturated rings. The smallest absolute Gasteiger partial charge is 0.101 e. The Morgan fingerprint density at radius 3 is 0.315 bits per heavy atom. The topological polar surface area (TPSA) is 122 Å². The number of hydrogen-bond donors (Lipinski definition) is 0. The van der Waals surface area contributed by atoms with Crippen LogP contribution in [-0.4, -0.2) is 139 Å². The molecule has 73 heavy (non-hydrogen) atoms. The molecule has 0 saturated heterocycles. The van der Waals surface area contributed by atoms with Crippen molar-refractivity contribution in [1.82, 2.24) is 29.4 Å². The largest absolute Gasteiger partial charge is 0.719 e. The first-order valence-corrected chi connectivity index (χ1v) is 30.5. The predicted octanol–water partition coefficient (Wildman–Crippen LogP) is 15.3. The van der Waals surface area contributed by atoms with Crippen molar-refractivity contribution in [3.63, 3.8) is 0 Å². The van der Waals surface area contributed by atoms with E-state index in [1.165, 1.54) is 0 Å². The van der Waals surface area contributed by atoms with Gasteiger partial charge in [-0.05, 0) is 77.0 Å². The number of hydrogen-bond acceptors (Lipinski definition) is 12. The van der Waals surface area contributed by atoms with Crippen molar-refractivity contribution in [3.8, 4) is 0 Å². The molecule has 0 heterocycles. The van der Waals surface area contributed by atoms with Gasteiger partial charge in [0, 0.05) is 99.6 Å². The molecule has 0 aliphatic rings. The quantitative estimate of drug-likeness (QED) is 0.0438. The van der Waals surface area contributed by atoms with Crippen molar-refractivity contribution in [2.75, 3.05) is 78.5 Å². The molecule has 19 heteroatoms. The van der Waals surface area contributed by atoms with Gasteiger partial charge in [0.15, 0.2) is 0 Å². The average molecular weight is 1230 g/mol. The van der Waals surface area contributed by atoms with E-state index < -0.39 is 0 Å². The van der Waals surface area contributed by atoms with Crippen LogP contribution in [-0.2, 0) is 96.8 Å². The molecular weight excluding hydrogens is 1120 g/mol. The van der Waals surface area contributed by atoms with Gasteiger partial charge in [-0.1, -0.05) is 160 Å². The minimum atomic E-state index is -0.197. The first-order valence-electron chi connectivity index (χ1n) is 28.1. The zero-order valence-electron chi connectivity index (χ0n) is 48.4. The Bertz CT molecular complexity index is 958. The zero-order valence-corrected chi connectivity index (χ0v) is 55.4. The molecule has 0 atom stereocenters. The van der Waals surface area contributed by atoms with Crippen LogP contribution in [0.1, 0.15) is 237 Å². The summed E-state index contributed by atoms with van der Waals surface area (Å²) in [5.41, 5.74) is 0. The number of unbranched alkanes of at least 4 members (excludes halogenated alkanes) is 12. The van der Waals surface area contributed by atoms with Crippen LogP contribution < -0.4 is 0 Å². The molecule has 0 rings (SSSR count). The Morgan fingerprint density at radius 1 is 0.205 bits per heavy atom. The number of rotatable bonds is 36.